The number of hydrogen-bond donors (Lipinski definition) is 3. The van der Waals surface area contributed by atoms with Gasteiger partial charge in [0.1, 0.15) is 6.54 Å². The summed E-state index contributed by atoms with van der Waals surface area (Å²) in [5.41, 5.74) is -2.61. The zero-order valence-corrected chi connectivity index (χ0v) is 21.8. The number of quaternary nitrogens is 1. The largest absolute Gasteiger partial charge is 0.416 e. The van der Waals surface area contributed by atoms with Gasteiger partial charge in [-0.15, -0.1) is 0 Å². The average Bonchev–Trinajstić information content (AvgIpc) is 2.71. The Morgan fingerprint density at radius 2 is 1.46 bits per heavy atom. The van der Waals surface area contributed by atoms with Gasteiger partial charge in [0.15, 0.2) is 5.11 Å². The molecule has 0 heterocycles. The van der Waals surface area contributed by atoms with Crippen LogP contribution in [0.1, 0.15) is 37.5 Å². The van der Waals surface area contributed by atoms with E-state index >= 15 is 0 Å². The van der Waals surface area contributed by atoms with E-state index in [1.54, 1.807) is 14.1 Å². The molecule has 0 saturated heterocycles. The molecule has 37 heavy (non-hydrogen) atoms. The third kappa shape index (κ3) is 9.15. The quantitative estimate of drug-likeness (QED) is 0.158. The minimum Gasteiger partial charge on any atom is -0.354 e. The topological polar surface area (TPSA) is 64.4 Å². The molecule has 0 aliphatic rings. The van der Waals surface area contributed by atoms with Crippen LogP contribution < -0.4 is 10.6 Å². The van der Waals surface area contributed by atoms with Crippen LogP contribution >= 0.6 is 12.2 Å². The molecule has 0 bridgehead atoms. The van der Waals surface area contributed by atoms with Gasteiger partial charge >= 0.3 is 18.0 Å². The predicted molar refractivity (Wildman–Crippen MR) is 131 cm³/mol. The van der Waals surface area contributed by atoms with Crippen molar-refractivity contribution in [3.8, 4) is 0 Å². The summed E-state index contributed by atoms with van der Waals surface area (Å²) < 4.78 is 79.8. The first-order valence-electron chi connectivity index (χ1n) is 11.1. The Morgan fingerprint density at radius 3 is 1.86 bits per heavy atom. The van der Waals surface area contributed by atoms with Gasteiger partial charge < -0.3 is 15.1 Å². The number of thiocarbonyl (C=S) groups is 1. The van der Waals surface area contributed by atoms with Gasteiger partial charge in [-0.05, 0) is 48.0 Å². The van der Waals surface area contributed by atoms with E-state index in [4.69, 9.17) is 17.4 Å². The maximum atomic E-state index is 13.3. The fourth-order valence-electron chi connectivity index (χ4n) is 3.70. The summed E-state index contributed by atoms with van der Waals surface area (Å²) in [6, 6.07) is 7.11. The summed E-state index contributed by atoms with van der Waals surface area (Å²) in [5.74, 6) is 0. The number of anilines is 1. The van der Waals surface area contributed by atoms with Gasteiger partial charge in [0, 0.05) is 23.4 Å². The first-order chi connectivity index (χ1) is 16.7. The maximum absolute atomic E-state index is 13.3. The second-order valence-electron chi connectivity index (χ2n) is 10.5. The van der Waals surface area contributed by atoms with Crippen molar-refractivity contribution in [2.24, 2.45) is 5.41 Å². The fourth-order valence-corrected chi connectivity index (χ4v) is 3.96. The van der Waals surface area contributed by atoms with Crippen LogP contribution in [0.15, 0.2) is 42.5 Å². The lowest BCUT2D eigenvalue weighted by atomic mass is 9.86. The summed E-state index contributed by atoms with van der Waals surface area (Å²) in [4.78, 5) is 10.7. The van der Waals surface area contributed by atoms with Crippen molar-refractivity contribution in [1.29, 1.82) is 0 Å². The van der Waals surface area contributed by atoms with Crippen LogP contribution in [-0.4, -0.2) is 46.4 Å². The Hall–Kier alpha value is -2.93. The highest BCUT2D eigenvalue weighted by Gasteiger charge is 2.38. The number of alkyl halides is 6. The van der Waals surface area contributed by atoms with Crippen molar-refractivity contribution in [1.82, 2.24) is 5.32 Å². The highest BCUT2D eigenvalue weighted by molar-refractivity contribution is 7.80. The van der Waals surface area contributed by atoms with Crippen molar-refractivity contribution in [2.75, 3.05) is 26.0 Å². The van der Waals surface area contributed by atoms with Crippen molar-refractivity contribution in [3.05, 3.63) is 64.1 Å². The van der Waals surface area contributed by atoms with E-state index in [1.165, 1.54) is 24.3 Å². The molecule has 0 aromatic heterocycles. The molecule has 0 amide bonds. The van der Waals surface area contributed by atoms with E-state index in [0.717, 1.165) is 12.1 Å². The predicted octanol–water partition coefficient (Wildman–Crippen LogP) is 6.50. The fraction of sp³-hybridized carbons (Fsp3) is 0.458. The number of halogens is 6. The van der Waals surface area contributed by atoms with Crippen LogP contribution in [0.3, 0.4) is 0 Å². The lowest BCUT2D eigenvalue weighted by Gasteiger charge is -2.39. The highest BCUT2D eigenvalue weighted by Crippen LogP contribution is 2.37. The monoisotopic (exact) mass is 552 g/mol. The lowest BCUT2D eigenvalue weighted by Crippen LogP contribution is -2.56. The van der Waals surface area contributed by atoms with E-state index in [0.29, 0.717) is 12.2 Å². The molecule has 6 nitrogen and oxygen atoms in total. The molecule has 1 unspecified atom stereocenters. The van der Waals surface area contributed by atoms with E-state index in [9.17, 15) is 31.2 Å². The number of likely N-dealkylation sites (N-methyl/N-ethyl adjacent to an activating group) is 1. The molecule has 0 fully saturated rings. The Bertz CT molecular complexity index is 1090. The minimum absolute atomic E-state index is 0.0271. The molecular formula is C24H30F6N4O2S+2. The number of nitrogens with one attached hydrogen (secondary N) is 2. The molecule has 2 rings (SSSR count). The Labute approximate surface area is 216 Å². The van der Waals surface area contributed by atoms with Crippen molar-refractivity contribution >= 4 is 28.7 Å². The lowest BCUT2D eigenvalue weighted by molar-refractivity contribution is -0.905. The summed E-state index contributed by atoms with van der Waals surface area (Å²) in [7, 11) is 3.43. The van der Waals surface area contributed by atoms with Gasteiger partial charge in [0.05, 0.1) is 42.7 Å². The standard InChI is InChI=1S/C24H29F6N4O2S/c1-22(2,3)20(32-21(37)31-18-6-8-19(9-7-18)33(35)36)14-34(4,5)13-15-10-16(23(25,26)27)12-17(11-15)24(28,29)30/h6-12,20H,13-14H2,1-5H3,(H2-,31,32,35,36,37)/q+1/p+1. The van der Waals surface area contributed by atoms with E-state index in [-0.39, 0.29) is 44.4 Å². The maximum Gasteiger partial charge on any atom is 0.416 e. The average molecular weight is 553 g/mol. The van der Waals surface area contributed by atoms with Crippen molar-refractivity contribution in [3.63, 3.8) is 0 Å². The molecular weight excluding hydrogens is 522 g/mol. The zero-order valence-electron chi connectivity index (χ0n) is 21.0. The first-order valence-corrected chi connectivity index (χ1v) is 11.5. The smallest absolute Gasteiger partial charge is 0.354 e. The van der Waals surface area contributed by atoms with Gasteiger partial charge in [-0.3, -0.25) is 0 Å². The van der Waals surface area contributed by atoms with Crippen LogP contribution in [0.2, 0.25) is 0 Å². The molecule has 3 N–H and O–H groups in total. The van der Waals surface area contributed by atoms with Gasteiger partial charge in [0.25, 0.3) is 4.92 Å². The number of hydrogen-bond acceptors (Lipinski definition) is 2. The minimum atomic E-state index is -4.91. The van der Waals surface area contributed by atoms with Gasteiger partial charge in [-0.1, -0.05) is 20.8 Å². The summed E-state index contributed by atoms with van der Waals surface area (Å²) in [6.45, 7) is 6.02. The molecule has 2 aromatic carbocycles. The van der Waals surface area contributed by atoms with Crippen LogP contribution in [0.5, 0.6) is 0 Å². The summed E-state index contributed by atoms with van der Waals surface area (Å²) >= 11 is 5.40. The molecule has 1 atom stereocenters. The van der Waals surface area contributed by atoms with Crippen molar-refractivity contribution < 1.29 is 41.0 Å². The molecule has 0 aliphatic heterocycles. The van der Waals surface area contributed by atoms with Gasteiger partial charge in [0.2, 0.25) is 0 Å². The molecule has 0 spiro atoms. The Morgan fingerprint density at radius 1 is 0.973 bits per heavy atom. The molecule has 13 heteroatoms. The molecule has 0 aliphatic carbocycles. The van der Waals surface area contributed by atoms with Crippen molar-refractivity contribution in [2.45, 2.75) is 45.7 Å². The number of benzene rings is 2. The second-order valence-corrected chi connectivity index (χ2v) is 10.9. The van der Waals surface area contributed by atoms with Gasteiger partial charge in [-0.2, -0.15) is 26.3 Å². The highest BCUT2D eigenvalue weighted by atomic mass is 32.1. The van der Waals surface area contributed by atoms with Crippen LogP contribution in [-0.2, 0) is 18.9 Å². The SMILES string of the molecule is CC(C)(C)C(C[N+](C)(C)Cc1cc(C(F)(F)F)cc(C(F)(F)F)c1)NC(=S)Nc1ccc([N+](=O)O)cc1. The molecule has 0 radical (unpaired) electrons. The third-order valence-electron chi connectivity index (χ3n) is 5.63. The Kier molecular flexibility index (Phi) is 8.86. The van der Waals surface area contributed by atoms with Crippen LogP contribution in [0, 0.1) is 10.3 Å². The summed E-state index contributed by atoms with van der Waals surface area (Å²) in [6.07, 6.45) is -9.83. The summed E-state index contributed by atoms with van der Waals surface area (Å²) in [5, 5.41) is 15.3. The van der Waals surface area contributed by atoms with Crippen LogP contribution in [0.4, 0.5) is 37.7 Å². The zero-order chi connectivity index (χ0) is 28.4. The first kappa shape index (κ1) is 30.3. The molecule has 2 aromatic rings. The molecule has 0 saturated carbocycles. The normalized spacial score (nSPS) is 13.7. The number of rotatable bonds is 7. The van der Waals surface area contributed by atoms with E-state index < -0.39 is 28.9 Å². The van der Waals surface area contributed by atoms with E-state index in [1.807, 2.05) is 20.8 Å². The van der Waals surface area contributed by atoms with Crippen LogP contribution in [0.25, 0.3) is 0 Å². The number of nitrogens with zero attached hydrogens (tertiary/aromatic N) is 2. The van der Waals surface area contributed by atoms with E-state index in [2.05, 4.69) is 10.6 Å². The van der Waals surface area contributed by atoms with Gasteiger partial charge in [-0.25, -0.2) is 5.21 Å². The Balaban J connectivity index is 2.23. The molecule has 204 valence electrons. The third-order valence-corrected chi connectivity index (χ3v) is 5.85. The second kappa shape index (κ2) is 10.8.